The molecule has 1 heterocycles. The van der Waals surface area contributed by atoms with Crippen LogP contribution in [0.3, 0.4) is 0 Å². The lowest BCUT2D eigenvalue weighted by molar-refractivity contribution is -0.120. The first kappa shape index (κ1) is 23.4. The van der Waals surface area contributed by atoms with E-state index in [1.165, 1.54) is 11.8 Å². The molecule has 0 radical (unpaired) electrons. The standard InChI is InChI=1S/C22H28N2O5S2/c1-3-28-18-8-6-17(7-9-18)24(16-22(25)23-15-19-5-4-14-29-19)31(26,27)21-12-10-20(30-2)11-13-21/h6-13,19H,3-5,14-16H2,1-2H3,(H,23,25)/t19-/m1/s1. The molecule has 2 aromatic rings. The molecule has 1 N–H and O–H groups in total. The second-order valence-corrected chi connectivity index (χ2v) is 9.80. The van der Waals surface area contributed by atoms with Crippen molar-refractivity contribution in [2.45, 2.75) is 35.7 Å². The van der Waals surface area contributed by atoms with Gasteiger partial charge in [-0.25, -0.2) is 8.42 Å². The number of thioether (sulfide) groups is 1. The van der Waals surface area contributed by atoms with Crippen molar-refractivity contribution >= 4 is 33.4 Å². The van der Waals surface area contributed by atoms with E-state index in [-0.39, 0.29) is 23.5 Å². The Hall–Kier alpha value is -2.23. The summed E-state index contributed by atoms with van der Waals surface area (Å²) >= 11 is 1.53. The predicted octanol–water partition coefficient (Wildman–Crippen LogP) is 3.30. The number of benzene rings is 2. The molecule has 1 atom stereocenters. The Morgan fingerprint density at radius 3 is 2.48 bits per heavy atom. The third kappa shape index (κ3) is 6.15. The van der Waals surface area contributed by atoms with Gasteiger partial charge in [0.2, 0.25) is 5.91 Å². The second kappa shape index (κ2) is 10.9. The molecule has 0 aliphatic carbocycles. The molecule has 0 unspecified atom stereocenters. The maximum atomic E-state index is 13.4. The third-order valence-corrected chi connectivity index (χ3v) is 7.45. The van der Waals surface area contributed by atoms with E-state index < -0.39 is 10.0 Å². The molecule has 1 amide bonds. The van der Waals surface area contributed by atoms with Crippen LogP contribution < -0.4 is 14.4 Å². The van der Waals surface area contributed by atoms with E-state index in [9.17, 15) is 13.2 Å². The van der Waals surface area contributed by atoms with Crippen LogP contribution in [0.15, 0.2) is 58.3 Å². The van der Waals surface area contributed by atoms with Gasteiger partial charge in [0.15, 0.2) is 0 Å². The van der Waals surface area contributed by atoms with Crippen LogP contribution in [0.4, 0.5) is 5.69 Å². The topological polar surface area (TPSA) is 84.9 Å². The van der Waals surface area contributed by atoms with Gasteiger partial charge in [-0.3, -0.25) is 9.10 Å². The van der Waals surface area contributed by atoms with Gasteiger partial charge in [-0.15, -0.1) is 11.8 Å². The SMILES string of the molecule is CCOc1ccc(N(CC(=O)NC[C@H]2CCCO2)S(=O)(=O)c2ccc(SC)cc2)cc1. The van der Waals surface area contributed by atoms with E-state index in [0.717, 1.165) is 22.0 Å². The average Bonchev–Trinajstić information content (AvgIpc) is 3.31. The molecule has 0 spiro atoms. The minimum atomic E-state index is -3.95. The van der Waals surface area contributed by atoms with Crippen LogP contribution in [0.1, 0.15) is 19.8 Å². The van der Waals surface area contributed by atoms with Crippen LogP contribution in [0, 0.1) is 0 Å². The highest BCUT2D eigenvalue weighted by atomic mass is 32.2. The summed E-state index contributed by atoms with van der Waals surface area (Å²) in [4.78, 5) is 13.7. The molecular formula is C22H28N2O5S2. The lowest BCUT2D eigenvalue weighted by Crippen LogP contribution is -2.42. The Morgan fingerprint density at radius 2 is 1.90 bits per heavy atom. The van der Waals surface area contributed by atoms with Gasteiger partial charge in [0.25, 0.3) is 10.0 Å². The number of amides is 1. The number of sulfonamides is 1. The molecule has 7 nitrogen and oxygen atoms in total. The molecule has 0 bridgehead atoms. The quantitative estimate of drug-likeness (QED) is 0.543. The fraction of sp³-hybridized carbons (Fsp3) is 0.409. The van der Waals surface area contributed by atoms with Crippen molar-refractivity contribution in [1.82, 2.24) is 5.32 Å². The van der Waals surface area contributed by atoms with Crippen LogP contribution in [0.25, 0.3) is 0 Å². The molecule has 1 aliphatic heterocycles. The smallest absolute Gasteiger partial charge is 0.264 e. The van der Waals surface area contributed by atoms with Gasteiger partial charge in [-0.1, -0.05) is 0 Å². The Balaban J connectivity index is 1.84. The third-order valence-electron chi connectivity index (χ3n) is 4.92. The van der Waals surface area contributed by atoms with Gasteiger partial charge in [0.05, 0.1) is 23.3 Å². The summed E-state index contributed by atoms with van der Waals surface area (Å²) < 4.78 is 38.9. The van der Waals surface area contributed by atoms with E-state index in [4.69, 9.17) is 9.47 Å². The Morgan fingerprint density at radius 1 is 1.19 bits per heavy atom. The molecule has 168 valence electrons. The monoisotopic (exact) mass is 464 g/mol. The van der Waals surface area contributed by atoms with Gasteiger partial charge in [0, 0.05) is 18.0 Å². The number of carbonyl (C=O) groups excluding carboxylic acids is 1. The number of nitrogens with zero attached hydrogens (tertiary/aromatic N) is 1. The number of hydrogen-bond donors (Lipinski definition) is 1. The molecule has 1 aliphatic rings. The van der Waals surface area contributed by atoms with Crippen molar-refractivity contribution in [2.24, 2.45) is 0 Å². The van der Waals surface area contributed by atoms with Gasteiger partial charge in [0.1, 0.15) is 12.3 Å². The summed E-state index contributed by atoms with van der Waals surface area (Å²) in [5.74, 6) is 0.254. The summed E-state index contributed by atoms with van der Waals surface area (Å²) in [6.45, 7) is 3.13. The van der Waals surface area contributed by atoms with E-state index in [1.807, 2.05) is 13.2 Å². The number of nitrogens with one attached hydrogen (secondary N) is 1. The molecular weight excluding hydrogens is 436 g/mol. The van der Waals surface area contributed by atoms with Gasteiger partial charge in [-0.2, -0.15) is 0 Å². The van der Waals surface area contributed by atoms with E-state index in [0.29, 0.717) is 31.2 Å². The maximum Gasteiger partial charge on any atom is 0.264 e. The minimum absolute atomic E-state index is 0.0152. The average molecular weight is 465 g/mol. The van der Waals surface area contributed by atoms with Crippen LogP contribution in [-0.4, -0.2) is 53.0 Å². The fourth-order valence-electron chi connectivity index (χ4n) is 3.28. The van der Waals surface area contributed by atoms with Crippen LogP contribution >= 0.6 is 11.8 Å². The molecule has 3 rings (SSSR count). The van der Waals surface area contributed by atoms with Gasteiger partial charge >= 0.3 is 0 Å². The molecule has 0 saturated carbocycles. The fourth-order valence-corrected chi connectivity index (χ4v) is 5.11. The maximum absolute atomic E-state index is 13.4. The minimum Gasteiger partial charge on any atom is -0.494 e. The van der Waals surface area contributed by atoms with Crippen molar-refractivity contribution < 1.29 is 22.7 Å². The van der Waals surface area contributed by atoms with Crippen molar-refractivity contribution in [3.05, 3.63) is 48.5 Å². The highest BCUT2D eigenvalue weighted by molar-refractivity contribution is 7.98. The first-order valence-electron chi connectivity index (χ1n) is 10.2. The summed E-state index contributed by atoms with van der Waals surface area (Å²) in [5, 5.41) is 2.80. The summed E-state index contributed by atoms with van der Waals surface area (Å²) in [5.41, 5.74) is 0.393. The molecule has 1 saturated heterocycles. The summed E-state index contributed by atoms with van der Waals surface area (Å²) in [6, 6.07) is 13.3. The van der Waals surface area contributed by atoms with Crippen LogP contribution in [0.5, 0.6) is 5.75 Å². The highest BCUT2D eigenvalue weighted by Gasteiger charge is 2.28. The molecule has 2 aromatic carbocycles. The van der Waals surface area contributed by atoms with Crippen molar-refractivity contribution in [3.63, 3.8) is 0 Å². The lowest BCUT2D eigenvalue weighted by atomic mass is 10.2. The normalized spacial score (nSPS) is 16.1. The van der Waals surface area contributed by atoms with E-state index >= 15 is 0 Å². The Labute approximate surface area is 188 Å². The number of hydrogen-bond acceptors (Lipinski definition) is 6. The largest absolute Gasteiger partial charge is 0.494 e. The molecule has 31 heavy (non-hydrogen) atoms. The first-order chi connectivity index (χ1) is 14.9. The predicted molar refractivity (Wildman–Crippen MR) is 122 cm³/mol. The lowest BCUT2D eigenvalue weighted by Gasteiger charge is -2.24. The number of ether oxygens (including phenoxy) is 2. The zero-order valence-corrected chi connectivity index (χ0v) is 19.4. The zero-order valence-electron chi connectivity index (χ0n) is 17.7. The zero-order chi connectivity index (χ0) is 22.3. The van der Waals surface area contributed by atoms with E-state index in [2.05, 4.69) is 5.32 Å². The number of rotatable bonds is 10. The molecule has 9 heteroatoms. The first-order valence-corrected chi connectivity index (χ1v) is 12.9. The Kier molecular flexibility index (Phi) is 8.22. The van der Waals surface area contributed by atoms with Gasteiger partial charge in [-0.05, 0) is 74.6 Å². The van der Waals surface area contributed by atoms with Crippen LogP contribution in [-0.2, 0) is 19.6 Å². The molecule has 1 fully saturated rings. The summed E-state index contributed by atoms with van der Waals surface area (Å²) in [6.07, 6.45) is 3.77. The molecule has 0 aromatic heterocycles. The Bertz CT molecular complexity index is 956. The second-order valence-electron chi connectivity index (χ2n) is 7.05. The van der Waals surface area contributed by atoms with Crippen molar-refractivity contribution in [1.29, 1.82) is 0 Å². The van der Waals surface area contributed by atoms with Crippen molar-refractivity contribution in [2.75, 3.05) is 36.9 Å². The highest BCUT2D eigenvalue weighted by Crippen LogP contribution is 2.27. The van der Waals surface area contributed by atoms with Crippen LogP contribution in [0.2, 0.25) is 0 Å². The van der Waals surface area contributed by atoms with Crippen molar-refractivity contribution in [3.8, 4) is 5.75 Å². The van der Waals surface area contributed by atoms with E-state index in [1.54, 1.807) is 48.5 Å². The number of anilines is 1. The van der Waals surface area contributed by atoms with Gasteiger partial charge < -0.3 is 14.8 Å². The number of carbonyl (C=O) groups is 1. The summed E-state index contributed by atoms with van der Waals surface area (Å²) in [7, 11) is -3.95.